The summed E-state index contributed by atoms with van der Waals surface area (Å²) in [5, 5.41) is 0. The highest BCUT2D eigenvalue weighted by atomic mass is 31.1. The Hall–Kier alpha value is -0.0900. The number of hydrogen-bond acceptors (Lipinski definition) is 0. The Labute approximate surface area is 173 Å². The molecule has 2 aliphatic carbocycles. The first-order valence-corrected chi connectivity index (χ1v) is 13.9. The Morgan fingerprint density at radius 1 is 1.11 bits per heavy atom. The lowest BCUT2D eigenvalue weighted by atomic mass is 9.81. The summed E-state index contributed by atoms with van der Waals surface area (Å²) in [4.78, 5) is 0. The Bertz CT molecular complexity index is 414. The number of unbranched alkanes of at least 4 members (excludes halogenated alkanes) is 1. The summed E-state index contributed by atoms with van der Waals surface area (Å²) >= 11 is 0. The summed E-state index contributed by atoms with van der Waals surface area (Å²) in [6.07, 6.45) is 25.1. The average molecular weight is 393 g/mol. The fourth-order valence-electron chi connectivity index (χ4n) is 4.28. The van der Waals surface area contributed by atoms with E-state index in [1.807, 2.05) is 13.8 Å². The van der Waals surface area contributed by atoms with Gasteiger partial charge in [0.25, 0.3) is 0 Å². The van der Waals surface area contributed by atoms with E-state index in [4.69, 9.17) is 0 Å². The summed E-state index contributed by atoms with van der Waals surface area (Å²) in [5.74, 6) is 2.86. The van der Waals surface area contributed by atoms with E-state index in [9.17, 15) is 0 Å². The third-order valence-corrected chi connectivity index (χ3v) is 7.19. The highest BCUT2D eigenvalue weighted by molar-refractivity contribution is 7.37. The van der Waals surface area contributed by atoms with Gasteiger partial charge in [-0.25, -0.2) is 0 Å². The summed E-state index contributed by atoms with van der Waals surface area (Å²) in [7, 11) is 1.10. The standard InChI is InChI=1S/C24H43P.C2H6/c1-20(2)7-4-5-8-22(12-11-21-9-6-10-21)13-14-23-15-17-24(18-16-23)19-25-3;1-2/h12,17,20-21,23,25H,4-11,13-16,18-19H2,1-3H3;1-2H3/b22-12+;. The zero-order chi connectivity index (χ0) is 19.9. The summed E-state index contributed by atoms with van der Waals surface area (Å²) < 4.78 is 0. The van der Waals surface area contributed by atoms with Gasteiger partial charge in [0.1, 0.15) is 0 Å². The molecule has 0 aromatic carbocycles. The molecular weight excluding hydrogens is 343 g/mol. The first-order valence-electron chi connectivity index (χ1n) is 12.2. The minimum absolute atomic E-state index is 0.870. The lowest BCUT2D eigenvalue weighted by molar-refractivity contribution is 0.318. The Kier molecular flexibility index (Phi) is 14.6. The molecule has 2 rings (SSSR count). The zero-order valence-corrected chi connectivity index (χ0v) is 20.3. The van der Waals surface area contributed by atoms with Crippen LogP contribution in [0.15, 0.2) is 23.3 Å². The molecule has 0 aliphatic heterocycles. The molecule has 0 radical (unpaired) electrons. The number of hydrogen-bond donors (Lipinski definition) is 0. The van der Waals surface area contributed by atoms with Crippen LogP contribution in [0.5, 0.6) is 0 Å². The fourth-order valence-corrected chi connectivity index (χ4v) is 5.05. The zero-order valence-electron chi connectivity index (χ0n) is 19.3. The first-order chi connectivity index (χ1) is 13.2. The maximum Gasteiger partial charge on any atom is -0.0144 e. The van der Waals surface area contributed by atoms with Crippen LogP contribution >= 0.6 is 8.58 Å². The van der Waals surface area contributed by atoms with Crippen LogP contribution in [0.2, 0.25) is 0 Å². The molecule has 0 spiro atoms. The molecule has 0 aromatic heterocycles. The van der Waals surface area contributed by atoms with Crippen LogP contribution in [0.1, 0.15) is 111 Å². The van der Waals surface area contributed by atoms with Gasteiger partial charge in [0.05, 0.1) is 0 Å². The van der Waals surface area contributed by atoms with Gasteiger partial charge in [-0.1, -0.05) is 83.1 Å². The van der Waals surface area contributed by atoms with Gasteiger partial charge >= 0.3 is 0 Å². The van der Waals surface area contributed by atoms with Crippen molar-refractivity contribution in [2.24, 2.45) is 17.8 Å². The molecule has 0 nitrogen and oxygen atoms in total. The minimum atomic E-state index is 0.870. The van der Waals surface area contributed by atoms with Crippen LogP contribution in [0.25, 0.3) is 0 Å². The Morgan fingerprint density at radius 2 is 1.89 bits per heavy atom. The van der Waals surface area contributed by atoms with Crippen molar-refractivity contribution in [3.8, 4) is 0 Å². The number of allylic oxidation sites excluding steroid dienone is 4. The monoisotopic (exact) mass is 392 g/mol. The molecule has 27 heavy (non-hydrogen) atoms. The van der Waals surface area contributed by atoms with E-state index < -0.39 is 0 Å². The maximum absolute atomic E-state index is 2.67. The van der Waals surface area contributed by atoms with Gasteiger partial charge in [-0.15, -0.1) is 8.58 Å². The smallest absolute Gasteiger partial charge is 0.0144 e. The van der Waals surface area contributed by atoms with E-state index in [0.29, 0.717) is 0 Å². The fraction of sp³-hybridized carbons (Fsp3) is 0.846. The first kappa shape index (κ1) is 24.9. The lowest BCUT2D eigenvalue weighted by Crippen LogP contribution is -2.10. The van der Waals surface area contributed by atoms with E-state index in [0.717, 1.165) is 26.3 Å². The van der Waals surface area contributed by atoms with Crippen LogP contribution < -0.4 is 0 Å². The molecule has 0 saturated heterocycles. The molecule has 2 aliphatic rings. The van der Waals surface area contributed by atoms with Crippen LogP contribution in [-0.2, 0) is 0 Å². The topological polar surface area (TPSA) is 0 Å². The second-order valence-corrected chi connectivity index (χ2v) is 10.2. The van der Waals surface area contributed by atoms with E-state index in [1.165, 1.54) is 89.6 Å². The SMILES string of the molecule is CC.CPCC1=CCC(CC/C(=C/CC2CCC2)CCCCC(C)C)CC1. The number of rotatable bonds is 12. The van der Waals surface area contributed by atoms with Gasteiger partial charge in [0, 0.05) is 0 Å². The highest BCUT2D eigenvalue weighted by Gasteiger charge is 2.17. The molecule has 0 heterocycles. The van der Waals surface area contributed by atoms with Gasteiger partial charge in [0.15, 0.2) is 0 Å². The quantitative estimate of drug-likeness (QED) is 0.176. The van der Waals surface area contributed by atoms with Crippen molar-refractivity contribution in [1.29, 1.82) is 0 Å². The van der Waals surface area contributed by atoms with Gasteiger partial charge in [0.2, 0.25) is 0 Å². The predicted molar refractivity (Wildman–Crippen MR) is 128 cm³/mol. The predicted octanol–water partition coefficient (Wildman–Crippen LogP) is 9.16. The van der Waals surface area contributed by atoms with Gasteiger partial charge in [-0.3, -0.25) is 0 Å². The van der Waals surface area contributed by atoms with Crippen molar-refractivity contribution in [2.45, 2.75) is 111 Å². The lowest BCUT2D eigenvalue weighted by Gasteiger charge is -2.25. The molecule has 0 aromatic rings. The molecule has 158 valence electrons. The second kappa shape index (κ2) is 15.8. The van der Waals surface area contributed by atoms with Crippen LogP contribution in [0.4, 0.5) is 0 Å². The molecular formula is C26H49P. The minimum Gasteiger partial charge on any atom is -0.121 e. The van der Waals surface area contributed by atoms with Gasteiger partial charge in [-0.05, 0) is 81.9 Å². The summed E-state index contributed by atoms with van der Waals surface area (Å²) in [6, 6.07) is 0. The summed E-state index contributed by atoms with van der Waals surface area (Å²) in [5.41, 5.74) is 3.56. The normalized spacial score (nSPS) is 21.2. The third-order valence-electron chi connectivity index (χ3n) is 6.39. The molecule has 2 unspecified atom stereocenters. The van der Waals surface area contributed by atoms with Crippen molar-refractivity contribution in [3.05, 3.63) is 23.3 Å². The average Bonchev–Trinajstić information content (AvgIpc) is 2.64. The molecule has 0 N–H and O–H groups in total. The van der Waals surface area contributed by atoms with E-state index >= 15 is 0 Å². The largest absolute Gasteiger partial charge is 0.121 e. The van der Waals surface area contributed by atoms with Crippen molar-refractivity contribution in [3.63, 3.8) is 0 Å². The second-order valence-electron chi connectivity index (χ2n) is 9.11. The van der Waals surface area contributed by atoms with E-state index in [-0.39, 0.29) is 0 Å². The van der Waals surface area contributed by atoms with Crippen molar-refractivity contribution in [1.82, 2.24) is 0 Å². The van der Waals surface area contributed by atoms with E-state index in [2.05, 4.69) is 32.7 Å². The third kappa shape index (κ3) is 11.5. The van der Waals surface area contributed by atoms with E-state index in [1.54, 1.807) is 11.1 Å². The van der Waals surface area contributed by atoms with Gasteiger partial charge in [-0.2, -0.15) is 0 Å². The van der Waals surface area contributed by atoms with Gasteiger partial charge < -0.3 is 0 Å². The molecule has 1 fully saturated rings. The highest BCUT2D eigenvalue weighted by Crippen LogP contribution is 2.33. The Morgan fingerprint density at radius 3 is 2.44 bits per heavy atom. The van der Waals surface area contributed by atoms with Crippen LogP contribution in [-0.4, -0.2) is 12.8 Å². The maximum atomic E-state index is 2.67. The molecule has 0 amide bonds. The molecule has 2 atom stereocenters. The molecule has 0 bridgehead atoms. The van der Waals surface area contributed by atoms with Crippen LogP contribution in [0, 0.1) is 17.8 Å². The molecule has 1 saturated carbocycles. The van der Waals surface area contributed by atoms with Crippen LogP contribution in [0.3, 0.4) is 0 Å². The summed E-state index contributed by atoms with van der Waals surface area (Å²) in [6.45, 7) is 11.1. The Balaban J connectivity index is 0.00000176. The van der Waals surface area contributed by atoms with Crippen molar-refractivity contribution in [2.75, 3.05) is 12.8 Å². The van der Waals surface area contributed by atoms with Crippen molar-refractivity contribution >= 4 is 8.58 Å². The van der Waals surface area contributed by atoms with Crippen molar-refractivity contribution < 1.29 is 0 Å². The molecule has 1 heteroatoms.